The van der Waals surface area contributed by atoms with E-state index in [0.717, 1.165) is 31.3 Å². The fourth-order valence-electron chi connectivity index (χ4n) is 1.66. The van der Waals surface area contributed by atoms with E-state index < -0.39 is 12.0 Å². The minimum Gasteiger partial charge on any atom is -0.480 e. The maximum Gasteiger partial charge on any atom is 0.324 e. The van der Waals surface area contributed by atoms with Crippen molar-refractivity contribution in [3.63, 3.8) is 0 Å². The Morgan fingerprint density at radius 3 is 2.77 bits per heavy atom. The first-order chi connectivity index (χ1) is 6.22. The number of hydrogen-bond donors (Lipinski definition) is 2. The number of carboxylic acid groups (broad SMARTS) is 1. The van der Waals surface area contributed by atoms with Crippen LogP contribution in [0.25, 0.3) is 0 Å². The molecule has 0 aromatic rings. The monoisotopic (exact) mass is 183 g/mol. The van der Waals surface area contributed by atoms with Crippen LogP contribution >= 0.6 is 0 Å². The molecule has 1 aliphatic rings. The maximum atomic E-state index is 10.6. The van der Waals surface area contributed by atoms with Crippen LogP contribution in [0, 0.1) is 0 Å². The Kier molecular flexibility index (Phi) is 3.96. The largest absolute Gasteiger partial charge is 0.480 e. The van der Waals surface area contributed by atoms with Crippen LogP contribution in [0.1, 0.15) is 38.5 Å². The van der Waals surface area contributed by atoms with E-state index >= 15 is 0 Å². The molecule has 13 heavy (non-hydrogen) atoms. The van der Waals surface area contributed by atoms with Gasteiger partial charge in [-0.25, -0.2) is 0 Å². The van der Waals surface area contributed by atoms with Crippen LogP contribution in [0.4, 0.5) is 0 Å². The second kappa shape index (κ2) is 5.02. The summed E-state index contributed by atoms with van der Waals surface area (Å²) in [5.41, 5.74) is 6.45. The van der Waals surface area contributed by atoms with Crippen molar-refractivity contribution in [3.8, 4) is 0 Å². The van der Waals surface area contributed by atoms with Crippen molar-refractivity contribution in [1.29, 1.82) is 0 Å². The van der Waals surface area contributed by atoms with Crippen LogP contribution in [0.3, 0.4) is 0 Å². The Morgan fingerprint density at radius 2 is 2.08 bits per heavy atom. The number of nitrogens with two attached hydrogens (primary N) is 1. The van der Waals surface area contributed by atoms with Crippen LogP contribution in [-0.2, 0) is 4.79 Å². The number of allylic oxidation sites excluding steroid dienone is 1. The SMILES string of the molecule is NC(C(=O)O)/C1=C/CCCCCC1. The fourth-order valence-corrected chi connectivity index (χ4v) is 1.66. The first-order valence-electron chi connectivity index (χ1n) is 4.89. The van der Waals surface area contributed by atoms with Crippen molar-refractivity contribution in [3.05, 3.63) is 11.6 Å². The zero-order valence-electron chi connectivity index (χ0n) is 7.83. The molecule has 3 N–H and O–H groups in total. The van der Waals surface area contributed by atoms with Gasteiger partial charge >= 0.3 is 5.97 Å². The lowest BCUT2D eigenvalue weighted by atomic mass is 9.95. The summed E-state index contributed by atoms with van der Waals surface area (Å²) in [6.45, 7) is 0. The number of carboxylic acids is 1. The first kappa shape index (κ1) is 10.3. The van der Waals surface area contributed by atoms with Crippen LogP contribution < -0.4 is 5.73 Å². The van der Waals surface area contributed by atoms with Gasteiger partial charge in [0.15, 0.2) is 0 Å². The molecule has 0 aromatic heterocycles. The summed E-state index contributed by atoms with van der Waals surface area (Å²) < 4.78 is 0. The summed E-state index contributed by atoms with van der Waals surface area (Å²) in [5.74, 6) is -0.910. The molecule has 1 atom stereocenters. The molecular weight excluding hydrogens is 166 g/mol. The zero-order chi connectivity index (χ0) is 9.68. The average molecular weight is 183 g/mol. The molecule has 0 radical (unpaired) electrons. The predicted molar refractivity (Wildman–Crippen MR) is 51.4 cm³/mol. The topological polar surface area (TPSA) is 63.3 Å². The van der Waals surface area contributed by atoms with Gasteiger partial charge < -0.3 is 10.8 Å². The van der Waals surface area contributed by atoms with E-state index in [9.17, 15) is 4.79 Å². The van der Waals surface area contributed by atoms with Gasteiger partial charge in [0, 0.05) is 0 Å². The maximum absolute atomic E-state index is 10.6. The quantitative estimate of drug-likeness (QED) is 0.640. The first-order valence-corrected chi connectivity index (χ1v) is 4.89. The van der Waals surface area contributed by atoms with E-state index in [0.29, 0.717) is 0 Å². The lowest BCUT2D eigenvalue weighted by Crippen LogP contribution is -2.32. The normalized spacial score (nSPS) is 25.2. The van der Waals surface area contributed by atoms with Crippen molar-refractivity contribution in [1.82, 2.24) is 0 Å². The Hall–Kier alpha value is -0.830. The molecule has 1 aliphatic carbocycles. The summed E-state index contributed by atoms with van der Waals surface area (Å²) in [6.07, 6.45) is 8.54. The van der Waals surface area contributed by atoms with Gasteiger partial charge in [0.1, 0.15) is 6.04 Å². The number of aliphatic carboxylic acids is 1. The third-order valence-corrected chi connectivity index (χ3v) is 2.49. The number of hydrogen-bond acceptors (Lipinski definition) is 2. The molecule has 1 unspecified atom stereocenters. The molecule has 0 saturated heterocycles. The highest BCUT2D eigenvalue weighted by Gasteiger charge is 2.16. The van der Waals surface area contributed by atoms with E-state index in [4.69, 9.17) is 10.8 Å². The van der Waals surface area contributed by atoms with E-state index in [1.807, 2.05) is 6.08 Å². The van der Waals surface area contributed by atoms with Gasteiger partial charge in [-0.1, -0.05) is 18.9 Å². The standard InChI is InChI=1S/C10H17NO2/c11-9(10(12)13)8-6-4-2-1-3-5-7-8/h6,9H,1-5,7,11H2,(H,12,13)/b8-6+. The summed E-state index contributed by atoms with van der Waals surface area (Å²) in [4.78, 5) is 10.6. The zero-order valence-corrected chi connectivity index (χ0v) is 7.83. The van der Waals surface area contributed by atoms with Gasteiger partial charge in [0.2, 0.25) is 0 Å². The summed E-state index contributed by atoms with van der Waals surface area (Å²) >= 11 is 0. The second-order valence-electron chi connectivity index (χ2n) is 3.55. The molecule has 74 valence electrons. The van der Waals surface area contributed by atoms with Gasteiger partial charge in [0.05, 0.1) is 0 Å². The van der Waals surface area contributed by atoms with Crippen LogP contribution in [0.5, 0.6) is 0 Å². The van der Waals surface area contributed by atoms with Crippen LogP contribution in [0.2, 0.25) is 0 Å². The van der Waals surface area contributed by atoms with Crippen molar-refractivity contribution < 1.29 is 9.90 Å². The third kappa shape index (κ3) is 3.19. The van der Waals surface area contributed by atoms with Crippen molar-refractivity contribution in [2.75, 3.05) is 0 Å². The summed E-state index contributed by atoms with van der Waals surface area (Å²) in [5, 5.41) is 8.73. The smallest absolute Gasteiger partial charge is 0.324 e. The Balaban J connectivity index is 2.58. The summed E-state index contributed by atoms with van der Waals surface area (Å²) in [6, 6.07) is -0.780. The van der Waals surface area contributed by atoms with Crippen LogP contribution in [0.15, 0.2) is 11.6 Å². The lowest BCUT2D eigenvalue weighted by Gasteiger charge is -2.14. The highest BCUT2D eigenvalue weighted by molar-refractivity contribution is 5.77. The van der Waals surface area contributed by atoms with Gasteiger partial charge in [-0.3, -0.25) is 4.79 Å². The minimum atomic E-state index is -0.910. The third-order valence-electron chi connectivity index (χ3n) is 2.49. The van der Waals surface area contributed by atoms with Crippen molar-refractivity contribution in [2.45, 2.75) is 44.6 Å². The van der Waals surface area contributed by atoms with Gasteiger partial charge in [-0.15, -0.1) is 0 Å². The molecule has 0 bridgehead atoms. The van der Waals surface area contributed by atoms with Gasteiger partial charge in [-0.05, 0) is 31.3 Å². The predicted octanol–water partition coefficient (Wildman–Crippen LogP) is 1.68. The van der Waals surface area contributed by atoms with Crippen molar-refractivity contribution in [2.24, 2.45) is 5.73 Å². The molecule has 3 nitrogen and oxygen atoms in total. The van der Waals surface area contributed by atoms with E-state index in [1.54, 1.807) is 0 Å². The Morgan fingerprint density at radius 1 is 1.38 bits per heavy atom. The fraction of sp³-hybridized carbons (Fsp3) is 0.700. The molecule has 3 heteroatoms. The Bertz CT molecular complexity index is 211. The molecular formula is C10H17NO2. The molecule has 0 fully saturated rings. The van der Waals surface area contributed by atoms with Crippen LogP contribution in [-0.4, -0.2) is 17.1 Å². The molecule has 0 saturated carbocycles. The Labute approximate surface area is 78.6 Å². The molecule has 1 rings (SSSR count). The molecule has 0 heterocycles. The minimum absolute atomic E-state index is 0.780. The van der Waals surface area contributed by atoms with E-state index in [-0.39, 0.29) is 0 Å². The highest BCUT2D eigenvalue weighted by atomic mass is 16.4. The van der Waals surface area contributed by atoms with E-state index in [1.165, 1.54) is 12.8 Å². The number of carbonyl (C=O) groups is 1. The van der Waals surface area contributed by atoms with Crippen molar-refractivity contribution >= 4 is 5.97 Å². The second-order valence-corrected chi connectivity index (χ2v) is 3.55. The molecule has 0 amide bonds. The summed E-state index contributed by atoms with van der Waals surface area (Å²) in [7, 11) is 0. The van der Waals surface area contributed by atoms with Gasteiger partial charge in [-0.2, -0.15) is 0 Å². The average Bonchev–Trinajstić information content (AvgIpc) is 2.02. The number of rotatable bonds is 2. The van der Waals surface area contributed by atoms with Gasteiger partial charge in [0.25, 0.3) is 0 Å². The highest BCUT2D eigenvalue weighted by Crippen LogP contribution is 2.18. The van der Waals surface area contributed by atoms with E-state index in [2.05, 4.69) is 0 Å². The molecule has 0 spiro atoms. The molecule has 0 aromatic carbocycles. The molecule has 0 aliphatic heterocycles. The lowest BCUT2D eigenvalue weighted by molar-refractivity contribution is -0.137.